The largest absolute Gasteiger partial charge is 0.457 e. The summed E-state index contributed by atoms with van der Waals surface area (Å²) < 4.78 is 12.4. The summed E-state index contributed by atoms with van der Waals surface area (Å²) in [5.74, 6) is 0.637. The number of aromatic nitrogens is 4. The molecule has 12 heteroatoms. The summed E-state index contributed by atoms with van der Waals surface area (Å²) in [4.78, 5) is 43.5. The van der Waals surface area contributed by atoms with E-state index in [0.29, 0.717) is 37.6 Å². The predicted octanol–water partition coefficient (Wildman–Crippen LogP) is 1.17. The van der Waals surface area contributed by atoms with Crippen molar-refractivity contribution in [2.75, 3.05) is 26.2 Å². The van der Waals surface area contributed by atoms with Crippen LogP contribution in [0, 0.1) is 0 Å². The van der Waals surface area contributed by atoms with Crippen molar-refractivity contribution in [2.45, 2.75) is 45.1 Å². The molecule has 1 fully saturated rings. The van der Waals surface area contributed by atoms with Crippen LogP contribution in [0.25, 0.3) is 0 Å². The maximum Gasteiger partial charge on any atom is 0.246 e. The van der Waals surface area contributed by atoms with Crippen LogP contribution in [0.4, 0.5) is 0 Å². The molecule has 2 aliphatic heterocycles. The highest BCUT2D eigenvalue weighted by Gasteiger charge is 2.34. The molecule has 3 amide bonds. The topological polar surface area (TPSA) is 132 Å². The van der Waals surface area contributed by atoms with Gasteiger partial charge in [0.25, 0.3) is 0 Å². The summed E-state index contributed by atoms with van der Waals surface area (Å²) in [5, 5.41) is 14.3. The number of carbonyl (C=O) groups excluding carboxylic acids is 3. The lowest BCUT2D eigenvalue weighted by molar-refractivity contribution is -0.139. The molecule has 0 aliphatic carbocycles. The molecule has 0 spiro atoms. The normalized spacial score (nSPS) is 20.4. The Bertz CT molecular complexity index is 1320. The molecule has 12 nitrogen and oxygen atoms in total. The third kappa shape index (κ3) is 6.77. The fourth-order valence-electron chi connectivity index (χ4n) is 4.82. The summed E-state index contributed by atoms with van der Waals surface area (Å²) in [5.41, 5.74) is 1.71. The standard InChI is InChI=1S/C27H31N7O5/c1-2-32-15-25(35)30-23-14-33(27(37)16-34-29-18-28-31-34)10-9-24(23)38-17-20-6-4-8-22(12-20)39-21-7-3-5-19(11-21)13-26(32)36/h3-8,11-12,18,23-24H,2,9-10,13-17H2,1H3,(H,30,35)/t23-,24-/m0/s1. The Morgan fingerprint density at radius 2 is 1.87 bits per heavy atom. The van der Waals surface area contributed by atoms with E-state index < -0.39 is 6.04 Å². The van der Waals surface area contributed by atoms with Gasteiger partial charge in [0.05, 0.1) is 31.7 Å². The van der Waals surface area contributed by atoms with E-state index in [4.69, 9.17) is 9.47 Å². The molecule has 1 saturated heterocycles. The quantitative estimate of drug-likeness (QED) is 0.531. The number of carbonyl (C=O) groups is 3. The van der Waals surface area contributed by atoms with E-state index in [0.717, 1.165) is 11.1 Å². The number of benzene rings is 2. The molecule has 204 valence electrons. The Labute approximate surface area is 225 Å². The average Bonchev–Trinajstić information content (AvgIpc) is 3.44. The molecule has 3 heterocycles. The predicted molar refractivity (Wildman–Crippen MR) is 138 cm³/mol. The van der Waals surface area contributed by atoms with Crippen molar-refractivity contribution in [1.29, 1.82) is 0 Å². The minimum atomic E-state index is -0.460. The van der Waals surface area contributed by atoms with Crippen molar-refractivity contribution in [3.63, 3.8) is 0 Å². The zero-order chi connectivity index (χ0) is 27.2. The first-order chi connectivity index (χ1) is 19.0. The molecule has 5 rings (SSSR count). The Morgan fingerprint density at radius 3 is 2.62 bits per heavy atom. The van der Waals surface area contributed by atoms with Gasteiger partial charge < -0.3 is 24.6 Å². The first-order valence-corrected chi connectivity index (χ1v) is 13.0. The van der Waals surface area contributed by atoms with Crippen molar-refractivity contribution >= 4 is 17.7 Å². The molecular weight excluding hydrogens is 502 g/mol. The van der Waals surface area contributed by atoms with Crippen LogP contribution in [-0.2, 0) is 38.7 Å². The second-order valence-corrected chi connectivity index (χ2v) is 9.60. The number of ether oxygens (including phenoxy) is 2. The molecule has 0 radical (unpaired) electrons. The number of hydrogen-bond donors (Lipinski definition) is 1. The molecule has 2 aliphatic rings. The van der Waals surface area contributed by atoms with Gasteiger partial charge in [-0.05, 0) is 54.0 Å². The number of tetrazole rings is 1. The van der Waals surface area contributed by atoms with Gasteiger partial charge in [0.1, 0.15) is 18.0 Å². The van der Waals surface area contributed by atoms with Crippen LogP contribution in [0.1, 0.15) is 24.5 Å². The van der Waals surface area contributed by atoms with E-state index in [9.17, 15) is 14.4 Å². The minimum Gasteiger partial charge on any atom is -0.457 e. The number of likely N-dealkylation sites (tertiary alicyclic amines) is 1. The van der Waals surface area contributed by atoms with Gasteiger partial charge in [-0.3, -0.25) is 14.4 Å². The van der Waals surface area contributed by atoms with E-state index in [1.54, 1.807) is 4.90 Å². The smallest absolute Gasteiger partial charge is 0.246 e. The molecule has 4 bridgehead atoms. The number of hydrogen-bond acceptors (Lipinski definition) is 8. The number of nitrogens with one attached hydrogen (secondary N) is 1. The van der Waals surface area contributed by atoms with Gasteiger partial charge in [-0.2, -0.15) is 4.80 Å². The van der Waals surface area contributed by atoms with E-state index in [-0.39, 0.29) is 49.9 Å². The van der Waals surface area contributed by atoms with Crippen LogP contribution in [0.2, 0.25) is 0 Å². The molecule has 1 N–H and O–H groups in total. The van der Waals surface area contributed by atoms with Crippen LogP contribution in [0.15, 0.2) is 54.9 Å². The number of piperidine rings is 1. The van der Waals surface area contributed by atoms with Crippen molar-refractivity contribution in [3.05, 3.63) is 66.0 Å². The molecule has 0 saturated carbocycles. The van der Waals surface area contributed by atoms with Gasteiger partial charge in [0, 0.05) is 19.6 Å². The summed E-state index contributed by atoms with van der Waals surface area (Å²) in [6.45, 7) is 3.12. The Kier molecular flexibility index (Phi) is 8.11. The van der Waals surface area contributed by atoms with Crippen LogP contribution >= 0.6 is 0 Å². The summed E-state index contributed by atoms with van der Waals surface area (Å²) in [6, 6.07) is 14.6. The van der Waals surface area contributed by atoms with E-state index in [1.165, 1.54) is 16.0 Å². The molecule has 0 unspecified atom stereocenters. The first kappa shape index (κ1) is 26.3. The van der Waals surface area contributed by atoms with E-state index in [1.807, 2.05) is 55.5 Å². The SMILES string of the molecule is CCN1CC(=O)N[C@H]2CN(C(=O)Cn3ncnn3)CC[C@@H]2OCc2cccc(c2)Oc2cccc(c2)CC1=O. The Balaban J connectivity index is 1.37. The molecule has 1 aromatic heterocycles. The zero-order valence-corrected chi connectivity index (χ0v) is 21.7. The second kappa shape index (κ2) is 12.0. The summed E-state index contributed by atoms with van der Waals surface area (Å²) in [7, 11) is 0. The van der Waals surface area contributed by atoms with E-state index in [2.05, 4.69) is 20.7 Å². The fourth-order valence-corrected chi connectivity index (χ4v) is 4.82. The van der Waals surface area contributed by atoms with Gasteiger partial charge in [-0.1, -0.05) is 24.3 Å². The zero-order valence-electron chi connectivity index (χ0n) is 21.7. The van der Waals surface area contributed by atoms with Gasteiger partial charge in [-0.15, -0.1) is 10.2 Å². The van der Waals surface area contributed by atoms with Crippen LogP contribution in [0.3, 0.4) is 0 Å². The number of nitrogens with zero attached hydrogens (tertiary/aromatic N) is 6. The Morgan fingerprint density at radius 1 is 1.10 bits per heavy atom. The summed E-state index contributed by atoms with van der Waals surface area (Å²) in [6.07, 6.45) is 1.62. The maximum atomic E-state index is 13.1. The van der Waals surface area contributed by atoms with E-state index >= 15 is 0 Å². The number of rotatable bonds is 3. The van der Waals surface area contributed by atoms with Crippen LogP contribution in [-0.4, -0.2) is 86.1 Å². The second-order valence-electron chi connectivity index (χ2n) is 9.60. The monoisotopic (exact) mass is 533 g/mol. The number of likely N-dealkylation sites (N-methyl/N-ethyl adjacent to an activating group) is 1. The number of amides is 3. The van der Waals surface area contributed by atoms with Crippen molar-refractivity contribution in [3.8, 4) is 11.5 Å². The highest BCUT2D eigenvalue weighted by atomic mass is 16.5. The molecule has 3 aromatic rings. The fraction of sp³-hybridized carbons (Fsp3) is 0.407. The highest BCUT2D eigenvalue weighted by Crippen LogP contribution is 2.25. The molecular formula is C27H31N7O5. The molecule has 2 atom stereocenters. The number of fused-ring (bicyclic) bond motifs is 5. The molecule has 39 heavy (non-hydrogen) atoms. The third-order valence-corrected chi connectivity index (χ3v) is 6.84. The van der Waals surface area contributed by atoms with Gasteiger partial charge in [0.15, 0.2) is 6.33 Å². The van der Waals surface area contributed by atoms with Crippen LogP contribution < -0.4 is 10.1 Å². The van der Waals surface area contributed by atoms with Crippen LogP contribution in [0.5, 0.6) is 11.5 Å². The maximum absolute atomic E-state index is 13.1. The van der Waals surface area contributed by atoms with Crippen molar-refractivity contribution < 1.29 is 23.9 Å². The molecule has 2 aromatic carbocycles. The summed E-state index contributed by atoms with van der Waals surface area (Å²) >= 11 is 0. The van der Waals surface area contributed by atoms with Crippen molar-refractivity contribution in [1.82, 2.24) is 35.3 Å². The average molecular weight is 534 g/mol. The van der Waals surface area contributed by atoms with Gasteiger partial charge >= 0.3 is 0 Å². The van der Waals surface area contributed by atoms with Gasteiger partial charge in [-0.25, -0.2) is 0 Å². The lowest BCUT2D eigenvalue weighted by atomic mass is 10.0. The third-order valence-electron chi connectivity index (χ3n) is 6.84. The lowest BCUT2D eigenvalue weighted by Gasteiger charge is -2.39. The minimum absolute atomic E-state index is 0.0438. The highest BCUT2D eigenvalue weighted by molar-refractivity contribution is 5.86. The van der Waals surface area contributed by atoms with Gasteiger partial charge in [0.2, 0.25) is 17.7 Å². The first-order valence-electron chi connectivity index (χ1n) is 13.0. The lowest BCUT2D eigenvalue weighted by Crippen LogP contribution is -2.58. The van der Waals surface area contributed by atoms with Crippen molar-refractivity contribution in [2.24, 2.45) is 0 Å². The Hall–Kier alpha value is -4.32.